The second-order valence-electron chi connectivity index (χ2n) is 5.19. The summed E-state index contributed by atoms with van der Waals surface area (Å²) in [5.41, 5.74) is 7.23. The van der Waals surface area contributed by atoms with Crippen LogP contribution >= 0.6 is 0 Å². The number of hydrogen-bond acceptors (Lipinski definition) is 1. The quantitative estimate of drug-likeness (QED) is 0.657. The smallest absolute Gasteiger partial charge is 0.0447 e. The van der Waals surface area contributed by atoms with Crippen molar-refractivity contribution in [3.63, 3.8) is 0 Å². The highest BCUT2D eigenvalue weighted by atomic mass is 15.2. The molecule has 0 aliphatic carbocycles. The first kappa shape index (κ1) is 9.29. The van der Waals surface area contributed by atoms with E-state index in [4.69, 9.17) is 0 Å². The second kappa shape index (κ2) is 3.13. The first-order valence-corrected chi connectivity index (χ1v) is 6.29. The fourth-order valence-electron chi connectivity index (χ4n) is 3.32. The Morgan fingerprint density at radius 3 is 2.65 bits per heavy atom. The topological polar surface area (TPSA) is 3.24 Å². The number of fused-ring (bicyclic) bond motifs is 5. The Morgan fingerprint density at radius 2 is 1.71 bits per heavy atom. The molecule has 2 aliphatic heterocycles. The summed E-state index contributed by atoms with van der Waals surface area (Å²) in [5, 5.41) is 0. The van der Waals surface area contributed by atoms with Gasteiger partial charge in [0, 0.05) is 17.4 Å². The Hall–Kier alpha value is -1.76. The molecule has 0 bridgehead atoms. The molecule has 17 heavy (non-hydrogen) atoms. The van der Waals surface area contributed by atoms with Crippen LogP contribution in [0.5, 0.6) is 0 Å². The summed E-state index contributed by atoms with van der Waals surface area (Å²) in [6.45, 7) is 2.18. The number of para-hydroxylation sites is 1. The third kappa shape index (κ3) is 1.20. The molecule has 2 aromatic rings. The van der Waals surface area contributed by atoms with Crippen LogP contribution in [0.4, 0.5) is 11.4 Å². The molecule has 1 nitrogen and oxygen atoms in total. The van der Waals surface area contributed by atoms with E-state index in [0.29, 0.717) is 6.04 Å². The number of hydrogen-bond donors (Lipinski definition) is 0. The number of rotatable bonds is 0. The van der Waals surface area contributed by atoms with E-state index >= 15 is 0 Å². The Bertz CT molecular complexity index is 600. The summed E-state index contributed by atoms with van der Waals surface area (Å²) in [6.07, 6.45) is 2.40. The fraction of sp³-hybridized carbons (Fsp3) is 0.250. The van der Waals surface area contributed by atoms with Crippen molar-refractivity contribution in [3.05, 3.63) is 59.2 Å². The first-order valence-electron chi connectivity index (χ1n) is 6.29. The van der Waals surface area contributed by atoms with E-state index in [9.17, 15) is 0 Å². The molecule has 0 N–H and O–H groups in total. The van der Waals surface area contributed by atoms with E-state index in [1.807, 2.05) is 0 Å². The van der Waals surface area contributed by atoms with Gasteiger partial charge in [0.2, 0.25) is 0 Å². The molecule has 0 saturated heterocycles. The summed E-state index contributed by atoms with van der Waals surface area (Å²) in [6, 6.07) is 16.3. The summed E-state index contributed by atoms with van der Waals surface area (Å²) < 4.78 is 0. The molecule has 0 radical (unpaired) electrons. The highest BCUT2D eigenvalue weighted by molar-refractivity contribution is 5.76. The van der Waals surface area contributed by atoms with Gasteiger partial charge in [0.05, 0.1) is 0 Å². The molecule has 0 amide bonds. The molecule has 2 heterocycles. The van der Waals surface area contributed by atoms with Crippen molar-refractivity contribution in [1.29, 1.82) is 0 Å². The summed E-state index contributed by atoms with van der Waals surface area (Å²) >= 11 is 0. The highest BCUT2D eigenvalue weighted by Gasteiger charge is 2.36. The highest BCUT2D eigenvalue weighted by Crippen LogP contribution is 2.45. The van der Waals surface area contributed by atoms with Gasteiger partial charge in [-0.25, -0.2) is 0 Å². The largest absolute Gasteiger partial charge is 0.337 e. The van der Waals surface area contributed by atoms with Crippen molar-refractivity contribution in [2.24, 2.45) is 0 Å². The maximum Gasteiger partial charge on any atom is 0.0447 e. The fourth-order valence-corrected chi connectivity index (χ4v) is 3.32. The van der Waals surface area contributed by atoms with Gasteiger partial charge in [-0.3, -0.25) is 0 Å². The third-order valence-electron chi connectivity index (χ3n) is 4.02. The molecule has 0 spiro atoms. The van der Waals surface area contributed by atoms with E-state index in [2.05, 4.69) is 54.3 Å². The van der Waals surface area contributed by atoms with Crippen molar-refractivity contribution in [2.75, 3.05) is 4.90 Å². The minimum Gasteiger partial charge on any atom is -0.337 e. The zero-order valence-electron chi connectivity index (χ0n) is 9.98. The van der Waals surface area contributed by atoms with Crippen molar-refractivity contribution >= 4 is 11.4 Å². The Kier molecular flexibility index (Phi) is 1.71. The van der Waals surface area contributed by atoms with E-state index in [-0.39, 0.29) is 0 Å². The summed E-state index contributed by atoms with van der Waals surface area (Å²) in [5.74, 6) is 0. The van der Waals surface area contributed by atoms with E-state index in [1.54, 1.807) is 0 Å². The second-order valence-corrected chi connectivity index (χ2v) is 5.19. The first-order chi connectivity index (χ1) is 8.33. The maximum atomic E-state index is 2.53. The van der Waals surface area contributed by atoms with Gasteiger partial charge in [0.1, 0.15) is 0 Å². The van der Waals surface area contributed by atoms with Crippen LogP contribution in [-0.4, -0.2) is 6.04 Å². The van der Waals surface area contributed by atoms with Gasteiger partial charge in [0.15, 0.2) is 0 Å². The van der Waals surface area contributed by atoms with Gasteiger partial charge < -0.3 is 4.90 Å². The summed E-state index contributed by atoms with van der Waals surface area (Å²) in [4.78, 5) is 2.53. The van der Waals surface area contributed by atoms with Gasteiger partial charge in [-0.15, -0.1) is 0 Å². The molecule has 1 heteroatoms. The molecule has 84 valence electrons. The number of nitrogens with zero attached hydrogens (tertiary/aromatic N) is 1. The standard InChI is InChI=1S/C16H15N/c1-11-6-7-16-13(8-11)10-14-9-12-4-2-3-5-15(12)17(14)16/h2-8,14H,9-10H2,1H3. The average molecular weight is 221 g/mol. The lowest BCUT2D eigenvalue weighted by Gasteiger charge is -2.20. The van der Waals surface area contributed by atoms with Crippen LogP contribution < -0.4 is 4.90 Å². The lowest BCUT2D eigenvalue weighted by Crippen LogP contribution is -2.22. The lowest BCUT2D eigenvalue weighted by molar-refractivity contribution is 0.725. The zero-order chi connectivity index (χ0) is 11.4. The van der Waals surface area contributed by atoms with Crippen LogP contribution in [0.25, 0.3) is 0 Å². The van der Waals surface area contributed by atoms with Crippen molar-refractivity contribution < 1.29 is 0 Å². The predicted molar refractivity (Wildman–Crippen MR) is 71.0 cm³/mol. The van der Waals surface area contributed by atoms with Gasteiger partial charge >= 0.3 is 0 Å². The van der Waals surface area contributed by atoms with Crippen LogP contribution in [0.15, 0.2) is 42.5 Å². The van der Waals surface area contributed by atoms with E-state index < -0.39 is 0 Å². The van der Waals surface area contributed by atoms with Gasteiger partial charge in [-0.2, -0.15) is 0 Å². The van der Waals surface area contributed by atoms with Crippen molar-refractivity contribution in [2.45, 2.75) is 25.8 Å². The molecule has 0 aromatic heterocycles. The van der Waals surface area contributed by atoms with Crippen molar-refractivity contribution in [1.82, 2.24) is 0 Å². The average Bonchev–Trinajstić information content (AvgIpc) is 2.83. The predicted octanol–water partition coefficient (Wildman–Crippen LogP) is 3.61. The minimum atomic E-state index is 0.657. The molecule has 4 rings (SSSR count). The lowest BCUT2D eigenvalue weighted by atomic mass is 10.0. The molecular weight excluding hydrogens is 206 g/mol. The maximum absolute atomic E-state index is 2.53. The molecule has 0 fully saturated rings. The number of aryl methyl sites for hydroxylation is 1. The zero-order valence-corrected chi connectivity index (χ0v) is 9.98. The van der Waals surface area contributed by atoms with Gasteiger partial charge in [0.25, 0.3) is 0 Å². The Labute approximate surface area is 102 Å². The summed E-state index contributed by atoms with van der Waals surface area (Å²) in [7, 11) is 0. The SMILES string of the molecule is Cc1ccc2c(c1)CC1Cc3ccccc3N21. The van der Waals surface area contributed by atoms with Crippen LogP contribution in [0, 0.1) is 6.92 Å². The Balaban J connectivity index is 1.90. The Morgan fingerprint density at radius 1 is 0.941 bits per heavy atom. The molecule has 0 saturated carbocycles. The van der Waals surface area contributed by atoms with Crippen LogP contribution in [0.2, 0.25) is 0 Å². The normalized spacial score (nSPS) is 20.1. The number of benzene rings is 2. The minimum absolute atomic E-state index is 0.657. The van der Waals surface area contributed by atoms with Crippen LogP contribution in [0.3, 0.4) is 0 Å². The van der Waals surface area contributed by atoms with Gasteiger partial charge in [-0.1, -0.05) is 35.9 Å². The molecular formula is C16H15N. The molecule has 2 aromatic carbocycles. The van der Waals surface area contributed by atoms with Gasteiger partial charge in [-0.05, 0) is 43.0 Å². The van der Waals surface area contributed by atoms with Crippen LogP contribution in [-0.2, 0) is 12.8 Å². The van der Waals surface area contributed by atoms with Crippen molar-refractivity contribution in [3.8, 4) is 0 Å². The monoisotopic (exact) mass is 221 g/mol. The molecule has 2 aliphatic rings. The van der Waals surface area contributed by atoms with Crippen LogP contribution in [0.1, 0.15) is 16.7 Å². The molecule has 1 atom stereocenters. The number of anilines is 2. The van der Waals surface area contributed by atoms with E-state index in [1.165, 1.54) is 40.9 Å². The molecule has 1 unspecified atom stereocenters. The third-order valence-corrected chi connectivity index (χ3v) is 4.02. The van der Waals surface area contributed by atoms with E-state index in [0.717, 1.165) is 0 Å².